The Balaban J connectivity index is 1.75. The topological polar surface area (TPSA) is 22.1 Å². The van der Waals surface area contributed by atoms with E-state index in [4.69, 9.17) is 4.74 Å². The molecule has 4 heteroatoms. The van der Waals surface area contributed by atoms with Crippen LogP contribution in [-0.2, 0) is 0 Å². The Bertz CT molecular complexity index is 482. The minimum absolute atomic E-state index is 0.716. The first-order chi connectivity index (χ1) is 8.25. The minimum atomic E-state index is 0.716. The monoisotopic (exact) mass is 265 g/mol. The van der Waals surface area contributed by atoms with Gasteiger partial charge in [-0.1, -0.05) is 30.0 Å². The fourth-order valence-electron chi connectivity index (χ4n) is 1.40. The molecule has 0 aliphatic heterocycles. The molecule has 1 heterocycles. The number of hydrogen-bond acceptors (Lipinski definition) is 4. The zero-order valence-electron chi connectivity index (χ0n) is 9.97. The normalized spacial score (nSPS) is 10.5. The smallest absolute Gasteiger partial charge is 0.150 e. The Hall–Kier alpha value is -1.00. The summed E-state index contributed by atoms with van der Waals surface area (Å²) >= 11 is 3.44. The third-order valence-corrected chi connectivity index (χ3v) is 4.36. The SMILES string of the molecule is Cc1csc(SCCOc2ccccc2C)n1. The molecule has 0 radical (unpaired) electrons. The van der Waals surface area contributed by atoms with Gasteiger partial charge in [0.2, 0.25) is 0 Å². The van der Waals surface area contributed by atoms with E-state index >= 15 is 0 Å². The van der Waals surface area contributed by atoms with Crippen LogP contribution in [0.3, 0.4) is 0 Å². The minimum Gasteiger partial charge on any atom is -0.492 e. The van der Waals surface area contributed by atoms with Gasteiger partial charge in [0.05, 0.1) is 6.61 Å². The van der Waals surface area contributed by atoms with Crippen LogP contribution < -0.4 is 4.74 Å². The van der Waals surface area contributed by atoms with Gasteiger partial charge in [0.25, 0.3) is 0 Å². The molecule has 0 fully saturated rings. The van der Waals surface area contributed by atoms with Crippen LogP contribution >= 0.6 is 23.1 Å². The van der Waals surface area contributed by atoms with Crippen LogP contribution in [0.15, 0.2) is 34.0 Å². The number of thioether (sulfide) groups is 1. The number of rotatable bonds is 5. The standard InChI is InChI=1S/C13H15NOS2/c1-10-5-3-4-6-12(10)15-7-8-16-13-14-11(2)9-17-13/h3-6,9H,7-8H2,1-2H3. The zero-order chi connectivity index (χ0) is 12.1. The molecule has 90 valence electrons. The molecule has 0 spiro atoms. The molecular weight excluding hydrogens is 250 g/mol. The van der Waals surface area contributed by atoms with Crippen LogP contribution in [0.5, 0.6) is 5.75 Å². The number of hydrogen-bond donors (Lipinski definition) is 0. The van der Waals surface area contributed by atoms with Gasteiger partial charge in [-0.2, -0.15) is 0 Å². The van der Waals surface area contributed by atoms with E-state index in [0.29, 0.717) is 6.61 Å². The van der Waals surface area contributed by atoms with E-state index in [9.17, 15) is 0 Å². The second-order valence-corrected chi connectivity index (χ2v) is 5.92. The second kappa shape index (κ2) is 6.07. The molecule has 17 heavy (non-hydrogen) atoms. The van der Waals surface area contributed by atoms with Crippen molar-refractivity contribution in [1.82, 2.24) is 4.98 Å². The summed E-state index contributed by atoms with van der Waals surface area (Å²) in [6.07, 6.45) is 0. The van der Waals surface area contributed by atoms with Crippen molar-refractivity contribution >= 4 is 23.1 Å². The van der Waals surface area contributed by atoms with Crippen LogP contribution in [0.25, 0.3) is 0 Å². The first kappa shape index (κ1) is 12.5. The van der Waals surface area contributed by atoms with Crippen LogP contribution in [0.2, 0.25) is 0 Å². The van der Waals surface area contributed by atoms with Gasteiger partial charge in [-0.05, 0) is 25.5 Å². The first-order valence-electron chi connectivity index (χ1n) is 5.49. The van der Waals surface area contributed by atoms with Crippen molar-refractivity contribution < 1.29 is 4.74 Å². The van der Waals surface area contributed by atoms with Gasteiger partial charge in [-0.15, -0.1) is 11.3 Å². The summed E-state index contributed by atoms with van der Waals surface area (Å²) in [5.41, 5.74) is 2.28. The molecule has 0 aliphatic carbocycles. The molecule has 0 bridgehead atoms. The Morgan fingerprint density at radius 3 is 2.82 bits per heavy atom. The molecule has 2 aromatic rings. The third kappa shape index (κ3) is 3.75. The van der Waals surface area contributed by atoms with Gasteiger partial charge in [0, 0.05) is 16.8 Å². The summed E-state index contributed by atoms with van der Waals surface area (Å²) in [5.74, 6) is 1.91. The Morgan fingerprint density at radius 1 is 1.29 bits per heavy atom. The van der Waals surface area contributed by atoms with Crippen LogP contribution in [-0.4, -0.2) is 17.3 Å². The predicted molar refractivity (Wildman–Crippen MR) is 74.2 cm³/mol. The largest absolute Gasteiger partial charge is 0.492 e. The number of benzene rings is 1. The highest BCUT2D eigenvalue weighted by Crippen LogP contribution is 2.22. The molecule has 1 aromatic heterocycles. The third-order valence-electron chi connectivity index (χ3n) is 2.26. The number of aryl methyl sites for hydroxylation is 2. The van der Waals surface area contributed by atoms with Gasteiger partial charge in [0.1, 0.15) is 10.1 Å². The van der Waals surface area contributed by atoms with Gasteiger partial charge in [0.15, 0.2) is 0 Å². The molecule has 0 atom stereocenters. The highest BCUT2D eigenvalue weighted by atomic mass is 32.2. The lowest BCUT2D eigenvalue weighted by molar-refractivity contribution is 0.341. The number of para-hydroxylation sites is 1. The van der Waals surface area contributed by atoms with E-state index in [1.165, 1.54) is 5.56 Å². The summed E-state index contributed by atoms with van der Waals surface area (Å²) in [6.45, 7) is 4.80. The van der Waals surface area contributed by atoms with E-state index in [0.717, 1.165) is 21.5 Å². The molecule has 0 unspecified atom stereocenters. The Labute approximate surface area is 110 Å². The molecule has 1 aromatic carbocycles. The van der Waals surface area contributed by atoms with Crippen molar-refractivity contribution in [3.8, 4) is 5.75 Å². The predicted octanol–water partition coefficient (Wildman–Crippen LogP) is 3.93. The summed E-state index contributed by atoms with van der Waals surface area (Å²) in [4.78, 5) is 4.40. The molecule has 0 amide bonds. The molecule has 0 aliphatic rings. The van der Waals surface area contributed by atoms with Crippen molar-refractivity contribution in [2.45, 2.75) is 18.2 Å². The Kier molecular flexibility index (Phi) is 4.45. The lowest BCUT2D eigenvalue weighted by Crippen LogP contribution is -2.01. The van der Waals surface area contributed by atoms with Crippen molar-refractivity contribution in [3.05, 3.63) is 40.9 Å². The lowest BCUT2D eigenvalue weighted by atomic mass is 10.2. The summed E-state index contributed by atoms with van der Waals surface area (Å²) in [7, 11) is 0. The van der Waals surface area contributed by atoms with Crippen molar-refractivity contribution in [2.24, 2.45) is 0 Å². The van der Waals surface area contributed by atoms with E-state index in [2.05, 4.69) is 23.4 Å². The molecule has 2 nitrogen and oxygen atoms in total. The summed E-state index contributed by atoms with van der Waals surface area (Å²) in [6, 6.07) is 8.09. The van der Waals surface area contributed by atoms with Crippen molar-refractivity contribution in [1.29, 1.82) is 0 Å². The number of thiazole rings is 1. The second-order valence-electron chi connectivity index (χ2n) is 3.72. The number of ether oxygens (including phenoxy) is 1. The lowest BCUT2D eigenvalue weighted by Gasteiger charge is -2.07. The molecule has 0 saturated heterocycles. The van der Waals surface area contributed by atoms with E-state index in [-0.39, 0.29) is 0 Å². The van der Waals surface area contributed by atoms with Gasteiger partial charge in [-0.3, -0.25) is 0 Å². The molecule has 2 rings (SSSR count). The molecular formula is C13H15NOS2. The number of aromatic nitrogens is 1. The Morgan fingerprint density at radius 2 is 2.12 bits per heavy atom. The highest BCUT2D eigenvalue weighted by Gasteiger charge is 2.00. The van der Waals surface area contributed by atoms with Gasteiger partial charge >= 0.3 is 0 Å². The van der Waals surface area contributed by atoms with Crippen LogP contribution in [0, 0.1) is 13.8 Å². The van der Waals surface area contributed by atoms with Crippen LogP contribution in [0.4, 0.5) is 0 Å². The van der Waals surface area contributed by atoms with Gasteiger partial charge in [-0.25, -0.2) is 4.98 Å². The van der Waals surface area contributed by atoms with E-state index < -0.39 is 0 Å². The highest BCUT2D eigenvalue weighted by molar-refractivity contribution is 8.01. The maximum atomic E-state index is 5.72. The average Bonchev–Trinajstić information content (AvgIpc) is 2.73. The summed E-state index contributed by atoms with van der Waals surface area (Å²) < 4.78 is 6.84. The maximum absolute atomic E-state index is 5.72. The quantitative estimate of drug-likeness (QED) is 0.604. The van der Waals surface area contributed by atoms with Crippen molar-refractivity contribution in [3.63, 3.8) is 0 Å². The first-order valence-corrected chi connectivity index (χ1v) is 7.35. The van der Waals surface area contributed by atoms with Crippen LogP contribution in [0.1, 0.15) is 11.3 Å². The average molecular weight is 265 g/mol. The van der Waals surface area contributed by atoms with Gasteiger partial charge < -0.3 is 4.74 Å². The maximum Gasteiger partial charge on any atom is 0.150 e. The fourth-order valence-corrected chi connectivity index (χ4v) is 3.13. The number of nitrogens with zero attached hydrogens (tertiary/aromatic N) is 1. The van der Waals surface area contributed by atoms with E-state index in [1.54, 1.807) is 23.1 Å². The fraction of sp³-hybridized carbons (Fsp3) is 0.308. The molecule has 0 N–H and O–H groups in total. The zero-order valence-corrected chi connectivity index (χ0v) is 11.6. The molecule has 0 saturated carbocycles. The summed E-state index contributed by atoms with van der Waals surface area (Å²) in [5, 5.41) is 2.07. The van der Waals surface area contributed by atoms with E-state index in [1.807, 2.05) is 25.1 Å². The van der Waals surface area contributed by atoms with Crippen molar-refractivity contribution in [2.75, 3.05) is 12.4 Å².